The van der Waals surface area contributed by atoms with Crippen molar-refractivity contribution in [2.45, 2.75) is 25.0 Å². The summed E-state index contributed by atoms with van der Waals surface area (Å²) in [6, 6.07) is 6.78. The number of halogens is 1. The molecule has 1 saturated heterocycles. The molecule has 1 fully saturated rings. The van der Waals surface area contributed by atoms with Gasteiger partial charge in [-0.3, -0.25) is 9.58 Å². The van der Waals surface area contributed by atoms with E-state index in [9.17, 15) is 9.50 Å². The van der Waals surface area contributed by atoms with Crippen LogP contribution >= 0.6 is 0 Å². The molecule has 4 nitrogen and oxygen atoms in total. The fraction of sp³-hybridized carbons (Fsp3) is 0.438. The molecule has 2 heterocycles. The van der Waals surface area contributed by atoms with Crippen molar-refractivity contribution >= 4 is 0 Å². The monoisotopic (exact) mass is 289 g/mol. The van der Waals surface area contributed by atoms with Gasteiger partial charge in [0.1, 0.15) is 5.82 Å². The van der Waals surface area contributed by atoms with Crippen LogP contribution in [0.1, 0.15) is 23.6 Å². The van der Waals surface area contributed by atoms with Gasteiger partial charge in [0.15, 0.2) is 0 Å². The molecule has 1 aliphatic rings. The van der Waals surface area contributed by atoms with E-state index in [4.69, 9.17) is 0 Å². The van der Waals surface area contributed by atoms with Gasteiger partial charge in [-0.1, -0.05) is 12.1 Å². The minimum Gasteiger partial charge on any atom is -0.392 e. The largest absolute Gasteiger partial charge is 0.392 e. The molecule has 0 radical (unpaired) electrons. The van der Waals surface area contributed by atoms with E-state index in [1.54, 1.807) is 16.8 Å². The number of nitrogens with zero attached hydrogens (tertiary/aromatic N) is 3. The Balaban J connectivity index is 1.70. The lowest BCUT2D eigenvalue weighted by atomic mass is 10.0. The molecule has 0 aliphatic carbocycles. The van der Waals surface area contributed by atoms with E-state index in [1.165, 1.54) is 11.6 Å². The Hall–Kier alpha value is -1.72. The molecular formula is C16H20FN3O. The highest BCUT2D eigenvalue weighted by Crippen LogP contribution is 2.32. The first-order valence-corrected chi connectivity index (χ1v) is 7.27. The Morgan fingerprint density at radius 1 is 1.43 bits per heavy atom. The fourth-order valence-corrected chi connectivity index (χ4v) is 3.06. The summed E-state index contributed by atoms with van der Waals surface area (Å²) in [5, 5.41) is 14.1. The van der Waals surface area contributed by atoms with Crippen LogP contribution in [0.2, 0.25) is 0 Å². The number of hydrogen-bond acceptors (Lipinski definition) is 3. The average molecular weight is 289 g/mol. The minimum absolute atomic E-state index is 0.0902. The smallest absolute Gasteiger partial charge is 0.123 e. The first-order chi connectivity index (χ1) is 10.1. The lowest BCUT2D eigenvalue weighted by Gasteiger charge is -2.24. The molecular weight excluding hydrogens is 269 g/mol. The van der Waals surface area contributed by atoms with Gasteiger partial charge < -0.3 is 5.11 Å². The van der Waals surface area contributed by atoms with E-state index in [0.29, 0.717) is 13.0 Å². The number of aliphatic hydroxyl groups is 1. The molecule has 1 N–H and O–H groups in total. The van der Waals surface area contributed by atoms with Crippen molar-refractivity contribution < 1.29 is 9.50 Å². The Labute approximate surface area is 123 Å². The third-order valence-corrected chi connectivity index (χ3v) is 4.06. The maximum Gasteiger partial charge on any atom is 0.123 e. The number of benzene rings is 1. The van der Waals surface area contributed by atoms with Crippen LogP contribution in [0.4, 0.5) is 4.39 Å². The van der Waals surface area contributed by atoms with Crippen molar-refractivity contribution in [3.63, 3.8) is 0 Å². The zero-order chi connectivity index (χ0) is 14.8. The van der Waals surface area contributed by atoms with Crippen LogP contribution in [0.3, 0.4) is 0 Å². The number of β-amino-alcohol motifs (C(OH)–C–C–N with tert-alkyl or cyclic N) is 1. The summed E-state index contributed by atoms with van der Waals surface area (Å²) in [4.78, 5) is 2.23. The van der Waals surface area contributed by atoms with Gasteiger partial charge in [0.05, 0.1) is 12.3 Å². The van der Waals surface area contributed by atoms with Crippen LogP contribution in [-0.4, -0.2) is 39.0 Å². The topological polar surface area (TPSA) is 41.3 Å². The molecule has 1 aliphatic heterocycles. The number of hydrogen-bond donors (Lipinski definition) is 1. The van der Waals surface area contributed by atoms with Gasteiger partial charge in [0.25, 0.3) is 0 Å². The Morgan fingerprint density at radius 2 is 2.29 bits per heavy atom. The van der Waals surface area contributed by atoms with Crippen molar-refractivity contribution in [3.8, 4) is 0 Å². The van der Waals surface area contributed by atoms with Gasteiger partial charge in [-0.2, -0.15) is 5.10 Å². The van der Waals surface area contributed by atoms with Crippen molar-refractivity contribution in [2.75, 3.05) is 13.1 Å². The van der Waals surface area contributed by atoms with Gasteiger partial charge in [0, 0.05) is 32.4 Å². The van der Waals surface area contributed by atoms with Crippen LogP contribution in [0.5, 0.6) is 0 Å². The van der Waals surface area contributed by atoms with Crippen molar-refractivity contribution in [2.24, 2.45) is 7.05 Å². The molecule has 3 rings (SSSR count). The van der Waals surface area contributed by atoms with Crippen molar-refractivity contribution in [3.05, 3.63) is 53.6 Å². The zero-order valence-corrected chi connectivity index (χ0v) is 12.1. The van der Waals surface area contributed by atoms with Crippen molar-refractivity contribution in [1.82, 2.24) is 14.7 Å². The second kappa shape index (κ2) is 5.95. The maximum atomic E-state index is 13.4. The predicted molar refractivity (Wildman–Crippen MR) is 78.2 cm³/mol. The molecule has 2 atom stereocenters. The molecule has 5 heteroatoms. The lowest BCUT2D eigenvalue weighted by molar-refractivity contribution is 0.175. The molecule has 0 saturated carbocycles. The number of rotatable bonds is 4. The van der Waals surface area contributed by atoms with Gasteiger partial charge >= 0.3 is 0 Å². The maximum absolute atomic E-state index is 13.4. The molecule has 0 spiro atoms. The zero-order valence-electron chi connectivity index (χ0n) is 12.1. The van der Waals surface area contributed by atoms with Crippen LogP contribution < -0.4 is 0 Å². The lowest BCUT2D eigenvalue weighted by Crippen LogP contribution is -2.27. The second-order valence-corrected chi connectivity index (χ2v) is 5.73. The van der Waals surface area contributed by atoms with E-state index in [2.05, 4.69) is 10.00 Å². The predicted octanol–water partition coefficient (Wildman–Crippen LogP) is 1.91. The molecule has 21 heavy (non-hydrogen) atoms. The molecule has 1 aromatic carbocycles. The summed E-state index contributed by atoms with van der Waals surface area (Å²) in [5.74, 6) is -0.221. The van der Waals surface area contributed by atoms with Crippen molar-refractivity contribution in [1.29, 1.82) is 0 Å². The number of likely N-dealkylation sites (tertiary alicyclic amines) is 1. The molecule has 0 bridgehead atoms. The van der Waals surface area contributed by atoms with E-state index in [-0.39, 0.29) is 18.0 Å². The highest BCUT2D eigenvalue weighted by Gasteiger charge is 2.31. The number of aryl methyl sites for hydroxylation is 1. The highest BCUT2D eigenvalue weighted by molar-refractivity contribution is 5.22. The third kappa shape index (κ3) is 3.31. The quantitative estimate of drug-likeness (QED) is 0.935. The second-order valence-electron chi connectivity index (χ2n) is 5.73. The summed E-state index contributed by atoms with van der Waals surface area (Å²) in [7, 11) is 1.90. The first-order valence-electron chi connectivity index (χ1n) is 7.27. The molecule has 1 aromatic heterocycles. The van der Waals surface area contributed by atoms with Gasteiger partial charge in [-0.15, -0.1) is 0 Å². The summed E-state index contributed by atoms with van der Waals surface area (Å²) in [6.07, 6.45) is 5.07. The SMILES string of the molecule is Cn1cc(CCN2C[C@@H](O)C[C@H]2c2cccc(F)c2)cn1. The number of aromatic nitrogens is 2. The van der Waals surface area contributed by atoms with E-state index in [1.807, 2.05) is 25.5 Å². The minimum atomic E-state index is -0.341. The average Bonchev–Trinajstić information content (AvgIpc) is 3.02. The fourth-order valence-electron chi connectivity index (χ4n) is 3.06. The van der Waals surface area contributed by atoms with Gasteiger partial charge in [0.2, 0.25) is 0 Å². The summed E-state index contributed by atoms with van der Waals surface area (Å²) in [6.45, 7) is 1.48. The molecule has 112 valence electrons. The van der Waals surface area contributed by atoms with Crippen LogP contribution in [0.25, 0.3) is 0 Å². The molecule has 0 amide bonds. The van der Waals surface area contributed by atoms with Crippen LogP contribution in [-0.2, 0) is 13.5 Å². The van der Waals surface area contributed by atoms with E-state index >= 15 is 0 Å². The van der Waals surface area contributed by atoms with E-state index < -0.39 is 0 Å². The number of aliphatic hydroxyl groups excluding tert-OH is 1. The molecule has 2 aromatic rings. The first kappa shape index (κ1) is 14.2. The summed E-state index contributed by atoms with van der Waals surface area (Å²) in [5.41, 5.74) is 2.12. The third-order valence-electron chi connectivity index (χ3n) is 4.06. The van der Waals surface area contributed by atoms with Gasteiger partial charge in [-0.05, 0) is 36.1 Å². The van der Waals surface area contributed by atoms with E-state index in [0.717, 1.165) is 18.5 Å². The highest BCUT2D eigenvalue weighted by atomic mass is 19.1. The Bertz CT molecular complexity index is 613. The standard InChI is InChI=1S/C16H20FN3O/c1-19-10-12(9-18-19)5-6-20-11-15(21)8-16(20)13-3-2-4-14(17)7-13/h2-4,7,9-10,15-16,21H,5-6,8,11H2,1H3/t15-,16-/m0/s1. The van der Waals surface area contributed by atoms with Crippen LogP contribution in [0.15, 0.2) is 36.7 Å². The van der Waals surface area contributed by atoms with Crippen LogP contribution in [0, 0.1) is 5.82 Å². The Morgan fingerprint density at radius 3 is 3.00 bits per heavy atom. The summed E-state index contributed by atoms with van der Waals surface area (Å²) >= 11 is 0. The summed E-state index contributed by atoms with van der Waals surface area (Å²) < 4.78 is 15.2. The Kier molecular flexibility index (Phi) is 4.03. The molecule has 0 unspecified atom stereocenters. The van der Waals surface area contributed by atoms with Gasteiger partial charge in [-0.25, -0.2) is 4.39 Å². The normalized spacial score (nSPS) is 22.8.